The Balaban J connectivity index is 1.48. The minimum atomic E-state index is -0.315. The van der Waals surface area contributed by atoms with Crippen molar-refractivity contribution in [2.45, 2.75) is 26.7 Å². The van der Waals surface area contributed by atoms with Crippen LogP contribution in [0.3, 0.4) is 0 Å². The molecule has 8 heteroatoms. The third-order valence-electron chi connectivity index (χ3n) is 4.70. The molecule has 168 valence electrons. The second-order valence-corrected chi connectivity index (χ2v) is 6.97. The minimum absolute atomic E-state index is 0.147. The molecule has 0 saturated carbocycles. The first-order valence-corrected chi connectivity index (χ1v) is 10.6. The van der Waals surface area contributed by atoms with Gasteiger partial charge in [-0.05, 0) is 48.7 Å². The first kappa shape index (κ1) is 22.9. The van der Waals surface area contributed by atoms with Gasteiger partial charge < -0.3 is 25.7 Å². The third-order valence-corrected chi connectivity index (χ3v) is 4.70. The monoisotopic (exact) mass is 436 g/mol. The van der Waals surface area contributed by atoms with Gasteiger partial charge in [0.05, 0.1) is 31.1 Å². The molecule has 0 saturated heterocycles. The highest BCUT2D eigenvalue weighted by Gasteiger charge is 2.11. The van der Waals surface area contributed by atoms with Crippen molar-refractivity contribution in [3.63, 3.8) is 0 Å². The zero-order chi connectivity index (χ0) is 22.9. The van der Waals surface area contributed by atoms with Gasteiger partial charge in [-0.15, -0.1) is 0 Å². The maximum Gasteiger partial charge on any atom is 0.338 e. The lowest BCUT2D eigenvalue weighted by atomic mass is 10.0. The highest BCUT2D eigenvalue weighted by molar-refractivity contribution is 5.90. The number of anilines is 2. The Morgan fingerprint density at radius 1 is 0.875 bits per heavy atom. The Morgan fingerprint density at radius 2 is 1.50 bits per heavy atom. The van der Waals surface area contributed by atoms with Crippen molar-refractivity contribution in [2.75, 3.05) is 31.3 Å². The van der Waals surface area contributed by atoms with Gasteiger partial charge in [0.1, 0.15) is 5.75 Å². The van der Waals surface area contributed by atoms with E-state index >= 15 is 0 Å². The number of nitrogens with zero attached hydrogens (tertiary/aromatic N) is 2. The van der Waals surface area contributed by atoms with Crippen LogP contribution in [0, 0.1) is 0 Å². The molecule has 3 aromatic rings. The molecule has 0 atom stereocenters. The van der Waals surface area contributed by atoms with Crippen LogP contribution >= 0.6 is 0 Å². The molecule has 1 heterocycles. The minimum Gasteiger partial charge on any atom is -0.493 e. The quantitative estimate of drug-likeness (QED) is 0.362. The summed E-state index contributed by atoms with van der Waals surface area (Å²) in [5.74, 6) is 1.33. The van der Waals surface area contributed by atoms with E-state index < -0.39 is 0 Å². The molecule has 0 spiro atoms. The van der Waals surface area contributed by atoms with Gasteiger partial charge in [-0.3, -0.25) is 0 Å². The Morgan fingerprint density at radius 3 is 2.12 bits per heavy atom. The third kappa shape index (κ3) is 5.87. The first-order valence-electron chi connectivity index (χ1n) is 10.6. The zero-order valence-electron chi connectivity index (χ0n) is 18.3. The number of aromatic nitrogens is 2. The van der Waals surface area contributed by atoms with Crippen LogP contribution in [0.25, 0.3) is 11.1 Å². The molecular weight excluding hydrogens is 408 g/mol. The van der Waals surface area contributed by atoms with Crippen molar-refractivity contribution in [1.29, 1.82) is 0 Å². The molecule has 1 aromatic heterocycles. The summed E-state index contributed by atoms with van der Waals surface area (Å²) in [5.41, 5.74) is 14.8. The highest BCUT2D eigenvalue weighted by atomic mass is 16.5. The topological polar surface area (TPSA) is 123 Å². The summed E-state index contributed by atoms with van der Waals surface area (Å²) in [5, 5.41) is 0. The number of carbonyl (C=O) groups excluding carboxylic acids is 1. The number of rotatable bonds is 10. The molecule has 4 N–H and O–H groups in total. The van der Waals surface area contributed by atoms with Crippen molar-refractivity contribution in [1.82, 2.24) is 9.97 Å². The van der Waals surface area contributed by atoms with Gasteiger partial charge in [0.2, 0.25) is 5.95 Å². The average molecular weight is 437 g/mol. The smallest absolute Gasteiger partial charge is 0.338 e. The predicted octanol–water partition coefficient (Wildman–Crippen LogP) is 3.90. The van der Waals surface area contributed by atoms with Crippen LogP contribution in [0.4, 0.5) is 11.8 Å². The number of hydrogen-bond acceptors (Lipinski definition) is 8. The normalized spacial score (nSPS) is 10.6. The molecule has 8 nitrogen and oxygen atoms in total. The Hall–Kier alpha value is -3.81. The fraction of sp³-hybridized carbons (Fsp3) is 0.292. The number of carbonyl (C=O) groups is 1. The maximum atomic E-state index is 11.8. The van der Waals surface area contributed by atoms with Gasteiger partial charge in [-0.2, -0.15) is 4.98 Å². The van der Waals surface area contributed by atoms with Crippen molar-refractivity contribution < 1.29 is 19.0 Å². The zero-order valence-corrected chi connectivity index (χ0v) is 18.3. The summed E-state index contributed by atoms with van der Waals surface area (Å²) in [4.78, 5) is 19.9. The molecule has 0 radical (unpaired) electrons. The molecule has 2 aromatic carbocycles. The number of ether oxygens (including phenoxy) is 3. The van der Waals surface area contributed by atoms with Crippen LogP contribution in [0.1, 0.15) is 36.3 Å². The van der Waals surface area contributed by atoms with Gasteiger partial charge in [-0.25, -0.2) is 9.78 Å². The van der Waals surface area contributed by atoms with Crippen molar-refractivity contribution >= 4 is 17.7 Å². The van der Waals surface area contributed by atoms with E-state index in [1.165, 1.54) is 0 Å². The van der Waals surface area contributed by atoms with E-state index in [9.17, 15) is 4.79 Å². The number of nitrogen functional groups attached to an aromatic ring is 2. The van der Waals surface area contributed by atoms with Gasteiger partial charge in [0.15, 0.2) is 11.6 Å². The number of nitrogens with two attached hydrogens (primary N) is 2. The lowest BCUT2D eigenvalue weighted by molar-refractivity contribution is 0.0526. The van der Waals surface area contributed by atoms with E-state index in [0.29, 0.717) is 49.7 Å². The second kappa shape index (κ2) is 11.0. The predicted molar refractivity (Wildman–Crippen MR) is 124 cm³/mol. The fourth-order valence-electron chi connectivity index (χ4n) is 3.11. The van der Waals surface area contributed by atoms with Crippen LogP contribution in [0.15, 0.2) is 48.5 Å². The molecule has 0 aliphatic heterocycles. The summed E-state index contributed by atoms with van der Waals surface area (Å²) in [7, 11) is 0. The van der Waals surface area contributed by atoms with E-state index in [0.717, 1.165) is 16.9 Å². The molecule has 0 unspecified atom stereocenters. The van der Waals surface area contributed by atoms with E-state index in [1.54, 1.807) is 19.1 Å². The molecule has 0 bridgehead atoms. The Kier molecular flexibility index (Phi) is 7.85. The Bertz CT molecular complexity index is 1040. The van der Waals surface area contributed by atoms with Crippen molar-refractivity contribution in [2.24, 2.45) is 0 Å². The van der Waals surface area contributed by atoms with Gasteiger partial charge in [-0.1, -0.05) is 31.2 Å². The number of esters is 1. The molecule has 0 aliphatic rings. The van der Waals surface area contributed by atoms with E-state index in [2.05, 4.69) is 9.97 Å². The molecule has 0 amide bonds. The maximum absolute atomic E-state index is 11.8. The van der Waals surface area contributed by atoms with Crippen LogP contribution in [0.2, 0.25) is 0 Å². The number of benzene rings is 2. The van der Waals surface area contributed by atoms with Crippen molar-refractivity contribution in [3.05, 3.63) is 59.8 Å². The first-order chi connectivity index (χ1) is 15.5. The average Bonchev–Trinajstić information content (AvgIpc) is 2.80. The van der Waals surface area contributed by atoms with Crippen LogP contribution < -0.4 is 20.9 Å². The largest absolute Gasteiger partial charge is 0.493 e. The summed E-state index contributed by atoms with van der Waals surface area (Å²) in [6.07, 6.45) is 1.32. The van der Waals surface area contributed by atoms with E-state index in [-0.39, 0.29) is 17.7 Å². The standard InChI is InChI=1S/C24H28N4O4/c1-3-20-21(22(25)28-24(26)27-20)32-15-5-14-31-19-12-10-17(11-13-19)16-6-8-18(9-7-16)23(29)30-4-2/h6-13H,3-5,14-15H2,1-2H3,(H4,25,26,27,28). The lowest BCUT2D eigenvalue weighted by Crippen LogP contribution is -2.11. The SMILES string of the molecule is CCOC(=O)c1ccc(-c2ccc(OCCCOc3c(N)nc(N)nc3CC)cc2)cc1. The van der Waals surface area contributed by atoms with Gasteiger partial charge in [0.25, 0.3) is 0 Å². The summed E-state index contributed by atoms with van der Waals surface area (Å²) in [6, 6.07) is 15.1. The van der Waals surface area contributed by atoms with Crippen LogP contribution in [-0.4, -0.2) is 35.8 Å². The number of hydrogen-bond donors (Lipinski definition) is 2. The van der Waals surface area contributed by atoms with Crippen molar-refractivity contribution in [3.8, 4) is 22.6 Å². The lowest BCUT2D eigenvalue weighted by Gasteiger charge is -2.12. The molecule has 0 aliphatic carbocycles. The molecule has 3 rings (SSSR count). The van der Waals surface area contributed by atoms with Crippen LogP contribution in [-0.2, 0) is 11.2 Å². The number of aryl methyl sites for hydroxylation is 1. The highest BCUT2D eigenvalue weighted by Crippen LogP contribution is 2.25. The van der Waals surface area contributed by atoms with Gasteiger partial charge in [0, 0.05) is 6.42 Å². The van der Waals surface area contributed by atoms with E-state index in [1.807, 2.05) is 43.3 Å². The Labute approximate surface area is 187 Å². The summed E-state index contributed by atoms with van der Waals surface area (Å²) < 4.78 is 16.6. The second-order valence-electron chi connectivity index (χ2n) is 6.97. The summed E-state index contributed by atoms with van der Waals surface area (Å²) in [6.45, 7) is 5.02. The summed E-state index contributed by atoms with van der Waals surface area (Å²) >= 11 is 0. The molecule has 32 heavy (non-hydrogen) atoms. The molecule has 0 fully saturated rings. The molecular formula is C24H28N4O4. The fourth-order valence-corrected chi connectivity index (χ4v) is 3.11. The van der Waals surface area contributed by atoms with Crippen LogP contribution in [0.5, 0.6) is 11.5 Å². The van der Waals surface area contributed by atoms with Gasteiger partial charge >= 0.3 is 5.97 Å². The van der Waals surface area contributed by atoms with E-state index in [4.69, 9.17) is 25.7 Å².